The lowest BCUT2D eigenvalue weighted by atomic mass is 10.1. The van der Waals surface area contributed by atoms with Crippen LogP contribution >= 0.6 is 11.8 Å². The third-order valence-corrected chi connectivity index (χ3v) is 5.61. The highest BCUT2D eigenvalue weighted by Crippen LogP contribution is 2.40. The molecule has 0 saturated carbocycles. The Labute approximate surface area is 175 Å². The van der Waals surface area contributed by atoms with Gasteiger partial charge in [-0.05, 0) is 49.8 Å². The third kappa shape index (κ3) is 4.71. The highest BCUT2D eigenvalue weighted by Gasteiger charge is 2.32. The molecule has 1 N–H and O–H groups in total. The number of thioether (sulfide) groups is 1. The molecule has 2 aromatic carbocycles. The summed E-state index contributed by atoms with van der Waals surface area (Å²) < 4.78 is 4.85. The topological polar surface area (TPSA) is 62.1 Å². The molecular formula is C23H24N2O3S. The highest BCUT2D eigenvalue weighted by molar-refractivity contribution is 8.18. The van der Waals surface area contributed by atoms with Crippen LogP contribution in [0, 0.1) is 0 Å². The second kappa shape index (κ2) is 9.47. The molecule has 0 aromatic heterocycles. The van der Waals surface area contributed by atoms with Gasteiger partial charge < -0.3 is 14.7 Å². The Hall–Kier alpha value is -2.99. The van der Waals surface area contributed by atoms with Crippen LogP contribution in [0.25, 0.3) is 6.08 Å². The average Bonchev–Trinajstić information content (AvgIpc) is 3.05. The fourth-order valence-corrected chi connectivity index (χ4v) is 4.07. The number of carbonyl (C=O) groups excluding carboxylic acids is 1. The summed E-state index contributed by atoms with van der Waals surface area (Å²) >= 11 is 1.26. The minimum atomic E-state index is -0.607. The van der Waals surface area contributed by atoms with Gasteiger partial charge in [-0.2, -0.15) is 0 Å². The van der Waals surface area contributed by atoms with Crippen LogP contribution in [-0.4, -0.2) is 36.3 Å². The summed E-state index contributed by atoms with van der Waals surface area (Å²) in [5.41, 5.74) is 2.87. The van der Waals surface area contributed by atoms with Crippen LogP contribution in [0.5, 0.6) is 0 Å². The predicted molar refractivity (Wildman–Crippen MR) is 121 cm³/mol. The van der Waals surface area contributed by atoms with Crippen LogP contribution in [0.3, 0.4) is 0 Å². The predicted octanol–water partition coefficient (Wildman–Crippen LogP) is 5.34. The van der Waals surface area contributed by atoms with E-state index in [1.165, 1.54) is 18.9 Å². The number of methoxy groups -OCH3 is 1. The van der Waals surface area contributed by atoms with Crippen molar-refractivity contribution < 1.29 is 14.6 Å². The van der Waals surface area contributed by atoms with Crippen molar-refractivity contribution in [3.8, 4) is 0 Å². The van der Waals surface area contributed by atoms with Gasteiger partial charge in [0.15, 0.2) is 0 Å². The Morgan fingerprint density at radius 1 is 1.10 bits per heavy atom. The number of hydrogen-bond donors (Lipinski definition) is 1. The molecule has 6 heteroatoms. The van der Waals surface area contributed by atoms with Crippen LogP contribution < -0.4 is 4.90 Å². The number of benzene rings is 2. The number of aliphatic imine (C=N–C) groups is 1. The molecule has 3 rings (SSSR count). The molecule has 0 aliphatic carbocycles. The maximum absolute atomic E-state index is 12.2. The first kappa shape index (κ1) is 20.7. The SMILES string of the molecule is CCN(CC)c1ccc(/C=C2/SC(=Nc3ccccc3)C(C(=O)OC)=C2O)cc1. The monoisotopic (exact) mass is 408 g/mol. The lowest BCUT2D eigenvalue weighted by Gasteiger charge is -2.20. The number of aliphatic hydroxyl groups is 1. The fraction of sp³-hybridized carbons (Fsp3) is 0.217. The number of nitrogens with zero attached hydrogens (tertiary/aromatic N) is 2. The molecule has 0 unspecified atom stereocenters. The van der Waals surface area contributed by atoms with Gasteiger partial charge >= 0.3 is 5.97 Å². The Balaban J connectivity index is 1.94. The second-order valence-corrected chi connectivity index (χ2v) is 7.37. The van der Waals surface area contributed by atoms with Crippen molar-refractivity contribution in [1.29, 1.82) is 0 Å². The maximum Gasteiger partial charge on any atom is 0.344 e. The van der Waals surface area contributed by atoms with Gasteiger partial charge in [0.05, 0.1) is 17.7 Å². The number of anilines is 1. The van der Waals surface area contributed by atoms with E-state index in [-0.39, 0.29) is 11.3 Å². The molecule has 1 aliphatic rings. The lowest BCUT2D eigenvalue weighted by Crippen LogP contribution is -2.21. The summed E-state index contributed by atoms with van der Waals surface area (Å²) in [5.74, 6) is -0.714. The number of hydrogen-bond acceptors (Lipinski definition) is 6. The number of aliphatic hydroxyl groups excluding tert-OH is 1. The van der Waals surface area contributed by atoms with E-state index in [1.54, 1.807) is 0 Å². The van der Waals surface area contributed by atoms with Gasteiger partial charge in [0.2, 0.25) is 0 Å². The van der Waals surface area contributed by atoms with Crippen molar-refractivity contribution >= 4 is 40.2 Å². The zero-order valence-corrected chi connectivity index (χ0v) is 17.6. The molecule has 1 aliphatic heterocycles. The molecule has 150 valence electrons. The van der Waals surface area contributed by atoms with Gasteiger partial charge in [0.25, 0.3) is 0 Å². The summed E-state index contributed by atoms with van der Waals surface area (Å²) in [5, 5.41) is 11.1. The first-order chi connectivity index (χ1) is 14.1. The molecule has 0 atom stereocenters. The minimum Gasteiger partial charge on any atom is -0.506 e. The molecule has 2 aromatic rings. The number of carbonyl (C=O) groups is 1. The van der Waals surface area contributed by atoms with Crippen molar-refractivity contribution in [2.75, 3.05) is 25.1 Å². The summed E-state index contributed by atoms with van der Waals surface area (Å²) in [6, 6.07) is 17.4. The quantitative estimate of drug-likeness (QED) is 0.654. The van der Waals surface area contributed by atoms with Crippen molar-refractivity contribution in [3.05, 3.63) is 76.4 Å². The lowest BCUT2D eigenvalue weighted by molar-refractivity contribution is -0.135. The zero-order valence-electron chi connectivity index (χ0n) is 16.8. The molecular weight excluding hydrogens is 384 g/mol. The normalized spacial score (nSPS) is 16.5. The molecule has 0 amide bonds. The van der Waals surface area contributed by atoms with Gasteiger partial charge in [-0.25, -0.2) is 9.79 Å². The molecule has 0 radical (unpaired) electrons. The van der Waals surface area contributed by atoms with Crippen molar-refractivity contribution in [3.63, 3.8) is 0 Å². The van der Waals surface area contributed by atoms with E-state index >= 15 is 0 Å². The average molecular weight is 409 g/mol. The molecule has 5 nitrogen and oxygen atoms in total. The summed E-state index contributed by atoms with van der Waals surface area (Å²) in [6.07, 6.45) is 1.85. The Kier molecular flexibility index (Phi) is 6.77. The minimum absolute atomic E-state index is 0.0902. The number of rotatable bonds is 6. The van der Waals surface area contributed by atoms with Crippen LogP contribution in [0.1, 0.15) is 19.4 Å². The van der Waals surface area contributed by atoms with Crippen molar-refractivity contribution in [2.24, 2.45) is 4.99 Å². The van der Waals surface area contributed by atoms with Crippen molar-refractivity contribution in [2.45, 2.75) is 13.8 Å². The summed E-state index contributed by atoms with van der Waals surface area (Å²) in [7, 11) is 1.29. The molecule has 0 bridgehead atoms. The highest BCUT2D eigenvalue weighted by atomic mass is 32.2. The Morgan fingerprint density at radius 3 is 2.34 bits per heavy atom. The maximum atomic E-state index is 12.2. The van der Waals surface area contributed by atoms with Crippen LogP contribution in [-0.2, 0) is 9.53 Å². The third-order valence-electron chi connectivity index (χ3n) is 4.59. The second-order valence-electron chi connectivity index (χ2n) is 6.34. The first-order valence-corrected chi connectivity index (χ1v) is 10.3. The van der Waals surface area contributed by atoms with Crippen LogP contribution in [0.4, 0.5) is 11.4 Å². The number of esters is 1. The van der Waals surface area contributed by atoms with E-state index in [2.05, 4.69) is 35.9 Å². The Bertz CT molecular complexity index is 959. The fourth-order valence-electron chi connectivity index (χ4n) is 3.03. The van der Waals surface area contributed by atoms with E-state index in [0.29, 0.717) is 15.6 Å². The summed E-state index contributed by atoms with van der Waals surface area (Å²) in [4.78, 5) is 19.6. The largest absolute Gasteiger partial charge is 0.506 e. The van der Waals surface area contributed by atoms with E-state index in [0.717, 1.165) is 24.3 Å². The molecule has 0 spiro atoms. The van der Waals surface area contributed by atoms with Crippen molar-refractivity contribution in [1.82, 2.24) is 0 Å². The number of ether oxygens (including phenoxy) is 1. The van der Waals surface area contributed by atoms with Gasteiger partial charge in [0.1, 0.15) is 16.4 Å². The van der Waals surface area contributed by atoms with Crippen LogP contribution in [0.2, 0.25) is 0 Å². The van der Waals surface area contributed by atoms with Gasteiger partial charge in [-0.1, -0.05) is 42.1 Å². The molecule has 0 fully saturated rings. The smallest absolute Gasteiger partial charge is 0.344 e. The zero-order chi connectivity index (χ0) is 20.8. The standard InChI is InChI=1S/C23H24N2O3S/c1-4-25(5-2)18-13-11-16(12-14-18)15-19-21(26)20(23(27)28-3)22(29-19)24-17-9-7-6-8-10-17/h6-15,26H,4-5H2,1-3H3/b19-15+,24-22?. The van der Waals surface area contributed by atoms with E-state index in [4.69, 9.17) is 4.74 Å². The Morgan fingerprint density at radius 2 is 1.76 bits per heavy atom. The summed E-state index contributed by atoms with van der Waals surface area (Å²) in [6.45, 7) is 6.13. The molecule has 29 heavy (non-hydrogen) atoms. The van der Waals surface area contributed by atoms with Gasteiger partial charge in [0, 0.05) is 18.8 Å². The van der Waals surface area contributed by atoms with E-state index in [9.17, 15) is 9.90 Å². The van der Waals surface area contributed by atoms with E-state index < -0.39 is 5.97 Å². The van der Waals surface area contributed by atoms with E-state index in [1.807, 2.05) is 48.5 Å². The van der Waals surface area contributed by atoms with Crippen LogP contribution in [0.15, 0.2) is 75.8 Å². The van der Waals surface area contributed by atoms with Gasteiger partial charge in [-0.3, -0.25) is 0 Å². The molecule has 0 saturated heterocycles. The number of para-hydroxylation sites is 1. The molecule has 1 heterocycles. The first-order valence-electron chi connectivity index (χ1n) is 9.48. The van der Waals surface area contributed by atoms with Gasteiger partial charge in [-0.15, -0.1) is 0 Å².